The topological polar surface area (TPSA) is 29.3 Å². The monoisotopic (exact) mass is 348 g/mol. The molecular weight excluding hydrogens is 332 g/mol. The highest BCUT2D eigenvalue weighted by molar-refractivity contribution is 9.10. The van der Waals surface area contributed by atoms with Crippen LogP contribution in [0.15, 0.2) is 46.9 Å². The number of thiocarbonyl (C=S) groups is 1. The molecule has 0 aliphatic carbocycles. The van der Waals surface area contributed by atoms with Crippen LogP contribution < -0.4 is 10.6 Å². The van der Waals surface area contributed by atoms with Crippen LogP contribution in [0.3, 0.4) is 0 Å². The van der Waals surface area contributed by atoms with Crippen molar-refractivity contribution in [2.45, 2.75) is 13.3 Å². The van der Waals surface area contributed by atoms with Crippen molar-refractivity contribution in [2.75, 3.05) is 11.9 Å². The second kappa shape index (κ2) is 6.37. The Kier molecular flexibility index (Phi) is 4.78. The first-order chi connectivity index (χ1) is 9.52. The molecule has 0 radical (unpaired) electrons. The van der Waals surface area contributed by atoms with E-state index < -0.39 is 0 Å². The number of benzene rings is 2. The maximum atomic E-state index is 5.65. The maximum absolute atomic E-state index is 5.65. The summed E-state index contributed by atoms with van der Waals surface area (Å²) in [4.78, 5) is 2.54. The summed E-state index contributed by atoms with van der Waals surface area (Å²) < 4.78 is 0.977. The molecule has 0 atom stereocenters. The van der Waals surface area contributed by atoms with Crippen molar-refractivity contribution < 1.29 is 0 Å². The summed E-state index contributed by atoms with van der Waals surface area (Å²) in [5.74, 6) is 0. The van der Waals surface area contributed by atoms with E-state index in [9.17, 15) is 0 Å². The van der Waals surface area contributed by atoms with E-state index in [2.05, 4.69) is 52.0 Å². The summed E-state index contributed by atoms with van der Waals surface area (Å²) in [6.45, 7) is 2.16. The first-order valence-corrected chi connectivity index (χ1v) is 7.65. The molecule has 4 heteroatoms. The molecule has 20 heavy (non-hydrogen) atoms. The quantitative estimate of drug-likeness (QED) is 0.829. The lowest BCUT2D eigenvalue weighted by atomic mass is 10.1. The number of nitrogens with zero attached hydrogens (tertiary/aromatic N) is 1. The molecule has 2 aromatic rings. The molecule has 0 unspecified atom stereocenters. The van der Waals surface area contributed by atoms with Crippen LogP contribution in [0.5, 0.6) is 0 Å². The highest BCUT2D eigenvalue weighted by atomic mass is 79.9. The smallest absolute Gasteiger partial charge is 0.104 e. The predicted octanol–water partition coefficient (Wildman–Crippen LogP) is 4.41. The number of hydrogen-bond donors (Lipinski definition) is 1. The van der Waals surface area contributed by atoms with Crippen LogP contribution in [0.4, 0.5) is 11.4 Å². The van der Waals surface area contributed by atoms with Crippen LogP contribution in [-0.4, -0.2) is 12.0 Å². The predicted molar refractivity (Wildman–Crippen MR) is 93.9 cm³/mol. The zero-order valence-electron chi connectivity index (χ0n) is 11.6. The molecule has 0 aromatic heterocycles. The highest BCUT2D eigenvalue weighted by Crippen LogP contribution is 2.31. The summed E-state index contributed by atoms with van der Waals surface area (Å²) in [6, 6.07) is 14.5. The molecule has 0 saturated carbocycles. The molecule has 0 spiro atoms. The van der Waals surface area contributed by atoms with Crippen molar-refractivity contribution in [2.24, 2.45) is 5.73 Å². The lowest BCUT2D eigenvalue weighted by molar-refractivity contribution is 1.13. The van der Waals surface area contributed by atoms with Gasteiger partial charge in [-0.25, -0.2) is 0 Å². The number of aryl methyl sites for hydroxylation is 1. The van der Waals surface area contributed by atoms with Gasteiger partial charge in [0.05, 0.1) is 5.69 Å². The Bertz CT molecular complexity index is 623. The van der Waals surface area contributed by atoms with E-state index in [0.29, 0.717) is 4.99 Å². The molecule has 0 aliphatic heterocycles. The van der Waals surface area contributed by atoms with Crippen molar-refractivity contribution in [1.82, 2.24) is 0 Å². The average molecular weight is 349 g/mol. The maximum Gasteiger partial charge on any atom is 0.104 e. The Morgan fingerprint density at radius 3 is 2.35 bits per heavy atom. The van der Waals surface area contributed by atoms with Crippen molar-refractivity contribution in [3.8, 4) is 0 Å². The van der Waals surface area contributed by atoms with Crippen LogP contribution in [0.1, 0.15) is 18.1 Å². The van der Waals surface area contributed by atoms with Crippen LogP contribution in [-0.2, 0) is 6.42 Å². The number of nitrogens with two attached hydrogens (primary N) is 1. The summed E-state index contributed by atoms with van der Waals surface area (Å²) in [7, 11) is 2.04. The second-order valence-electron chi connectivity index (χ2n) is 4.61. The largest absolute Gasteiger partial charge is 0.389 e. The van der Waals surface area contributed by atoms with Gasteiger partial charge in [-0.3, -0.25) is 0 Å². The van der Waals surface area contributed by atoms with E-state index in [1.54, 1.807) is 0 Å². The lowest BCUT2D eigenvalue weighted by Gasteiger charge is -2.21. The first kappa shape index (κ1) is 15.0. The molecule has 0 fully saturated rings. The third kappa shape index (κ3) is 3.19. The minimum absolute atomic E-state index is 0.409. The van der Waals surface area contributed by atoms with E-state index in [-0.39, 0.29) is 0 Å². The van der Waals surface area contributed by atoms with Gasteiger partial charge in [0.15, 0.2) is 0 Å². The minimum atomic E-state index is 0.409. The number of rotatable bonds is 4. The number of anilines is 2. The second-order valence-corrected chi connectivity index (χ2v) is 5.90. The first-order valence-electron chi connectivity index (χ1n) is 6.45. The van der Waals surface area contributed by atoms with E-state index >= 15 is 0 Å². The van der Waals surface area contributed by atoms with Gasteiger partial charge < -0.3 is 10.6 Å². The average Bonchev–Trinajstić information content (AvgIpc) is 2.46. The number of hydrogen-bond acceptors (Lipinski definition) is 2. The van der Waals surface area contributed by atoms with Gasteiger partial charge in [-0.2, -0.15) is 0 Å². The Balaban J connectivity index is 2.32. The van der Waals surface area contributed by atoms with Gasteiger partial charge in [-0.05, 0) is 58.2 Å². The molecule has 104 valence electrons. The van der Waals surface area contributed by atoms with Gasteiger partial charge >= 0.3 is 0 Å². The zero-order valence-corrected chi connectivity index (χ0v) is 14.0. The summed E-state index contributed by atoms with van der Waals surface area (Å²) in [5, 5.41) is 0. The molecule has 0 heterocycles. The third-order valence-corrected chi connectivity index (χ3v) is 4.20. The van der Waals surface area contributed by atoms with E-state index in [1.165, 1.54) is 5.56 Å². The van der Waals surface area contributed by atoms with Gasteiger partial charge in [-0.1, -0.05) is 31.3 Å². The Labute approximate surface area is 133 Å². The van der Waals surface area contributed by atoms with Crippen molar-refractivity contribution in [3.05, 3.63) is 58.1 Å². The third-order valence-electron chi connectivity index (χ3n) is 3.33. The van der Waals surface area contributed by atoms with Crippen molar-refractivity contribution in [3.63, 3.8) is 0 Å². The van der Waals surface area contributed by atoms with Gasteiger partial charge in [0, 0.05) is 22.8 Å². The van der Waals surface area contributed by atoms with Crippen molar-refractivity contribution >= 4 is 44.5 Å². The molecular formula is C16H17BrN2S. The molecule has 2 rings (SSSR count). The highest BCUT2D eigenvalue weighted by Gasteiger charge is 2.09. The van der Waals surface area contributed by atoms with Gasteiger partial charge in [-0.15, -0.1) is 0 Å². The fraction of sp³-hybridized carbons (Fsp3) is 0.188. The zero-order chi connectivity index (χ0) is 14.7. The lowest BCUT2D eigenvalue weighted by Crippen LogP contribution is -2.12. The van der Waals surface area contributed by atoms with Gasteiger partial charge in [0.1, 0.15) is 4.99 Å². The van der Waals surface area contributed by atoms with Crippen molar-refractivity contribution in [1.29, 1.82) is 0 Å². The van der Waals surface area contributed by atoms with Crippen LogP contribution >= 0.6 is 28.1 Å². The Hall–Kier alpha value is -1.39. The normalized spacial score (nSPS) is 10.3. The van der Waals surface area contributed by atoms with Gasteiger partial charge in [0.25, 0.3) is 0 Å². The van der Waals surface area contributed by atoms with Gasteiger partial charge in [0.2, 0.25) is 0 Å². The molecule has 0 amide bonds. The summed E-state index contributed by atoms with van der Waals surface area (Å²) >= 11 is 8.58. The molecule has 0 saturated heterocycles. The summed E-state index contributed by atoms with van der Waals surface area (Å²) in [5.41, 5.74) is 10.1. The van der Waals surface area contributed by atoms with E-state index in [1.807, 2.05) is 25.2 Å². The van der Waals surface area contributed by atoms with Crippen LogP contribution in [0.25, 0.3) is 0 Å². The Morgan fingerprint density at radius 2 is 1.85 bits per heavy atom. The van der Waals surface area contributed by atoms with E-state index in [4.69, 9.17) is 18.0 Å². The Morgan fingerprint density at radius 1 is 1.20 bits per heavy atom. The summed E-state index contributed by atoms with van der Waals surface area (Å²) in [6.07, 6.45) is 1.05. The molecule has 2 aromatic carbocycles. The fourth-order valence-electron chi connectivity index (χ4n) is 2.03. The van der Waals surface area contributed by atoms with E-state index in [0.717, 1.165) is 27.8 Å². The molecule has 0 aliphatic rings. The molecule has 0 bridgehead atoms. The minimum Gasteiger partial charge on any atom is -0.389 e. The molecule has 2 N–H and O–H groups in total. The SMILES string of the molecule is CCc1ccc(N(C)c2ccc(C(N)=S)cc2Br)cc1. The molecule has 2 nitrogen and oxygen atoms in total. The fourth-order valence-corrected chi connectivity index (χ4v) is 2.80. The number of halogens is 1. The standard InChI is InChI=1S/C16H17BrN2S/c1-3-11-4-7-13(8-5-11)19(2)15-9-6-12(16(18)20)10-14(15)17/h4-10H,3H2,1-2H3,(H2,18,20). The van der Waals surface area contributed by atoms with Crippen LogP contribution in [0, 0.1) is 0 Å². The van der Waals surface area contributed by atoms with Crippen LogP contribution in [0.2, 0.25) is 0 Å².